The Labute approximate surface area is 175 Å². The van der Waals surface area contributed by atoms with Gasteiger partial charge in [-0.15, -0.1) is 5.10 Å². The Hall–Kier alpha value is -2.64. The van der Waals surface area contributed by atoms with E-state index in [-0.39, 0.29) is 6.79 Å². The van der Waals surface area contributed by atoms with Crippen molar-refractivity contribution in [2.24, 2.45) is 5.92 Å². The molecule has 29 heavy (non-hydrogen) atoms. The van der Waals surface area contributed by atoms with Crippen LogP contribution in [0.2, 0.25) is 0 Å². The third-order valence-electron chi connectivity index (χ3n) is 5.69. The Morgan fingerprint density at radius 3 is 2.59 bits per heavy atom. The highest BCUT2D eigenvalue weighted by Gasteiger charge is 2.21. The minimum absolute atomic E-state index is 0.256. The third-order valence-corrected chi connectivity index (χ3v) is 6.09. The Morgan fingerprint density at radius 1 is 1.03 bits per heavy atom. The molecule has 2 aliphatic rings. The molecule has 2 aliphatic heterocycles. The average Bonchev–Trinajstić information content (AvgIpc) is 3.34. The van der Waals surface area contributed by atoms with Gasteiger partial charge in [0.1, 0.15) is 0 Å². The van der Waals surface area contributed by atoms with E-state index >= 15 is 0 Å². The van der Waals surface area contributed by atoms with Gasteiger partial charge in [-0.1, -0.05) is 25.1 Å². The molecule has 0 unspecified atom stereocenters. The first-order valence-electron chi connectivity index (χ1n) is 10.1. The molecule has 0 N–H and O–H groups in total. The molecule has 0 saturated carbocycles. The Morgan fingerprint density at radius 2 is 1.79 bits per heavy atom. The van der Waals surface area contributed by atoms with E-state index in [1.807, 2.05) is 45.6 Å². The number of hydrogen-bond acceptors (Lipinski definition) is 5. The van der Waals surface area contributed by atoms with Crippen LogP contribution in [0, 0.1) is 10.7 Å². The van der Waals surface area contributed by atoms with Crippen molar-refractivity contribution in [3.63, 3.8) is 0 Å². The van der Waals surface area contributed by atoms with Crippen molar-refractivity contribution in [2.45, 2.75) is 26.4 Å². The lowest BCUT2D eigenvalue weighted by Gasteiger charge is -2.29. The Kier molecular flexibility index (Phi) is 4.85. The first-order chi connectivity index (χ1) is 14.2. The highest BCUT2D eigenvalue weighted by Crippen LogP contribution is 2.36. The molecular formula is C22H24N4O2S. The van der Waals surface area contributed by atoms with Gasteiger partial charge in [0, 0.05) is 24.3 Å². The topological polar surface area (TPSA) is 44.5 Å². The number of fused-ring (bicyclic) bond motifs is 1. The van der Waals surface area contributed by atoms with Crippen molar-refractivity contribution in [1.82, 2.24) is 19.2 Å². The maximum Gasteiger partial charge on any atom is 0.231 e. The lowest BCUT2D eigenvalue weighted by molar-refractivity contribution is 0.146. The van der Waals surface area contributed by atoms with Crippen LogP contribution in [0.5, 0.6) is 11.5 Å². The summed E-state index contributed by atoms with van der Waals surface area (Å²) in [6.07, 6.45) is 2.45. The summed E-state index contributed by atoms with van der Waals surface area (Å²) in [5.74, 6) is 3.11. The molecule has 0 atom stereocenters. The van der Waals surface area contributed by atoms with Crippen molar-refractivity contribution < 1.29 is 9.47 Å². The molecule has 3 aromatic rings. The van der Waals surface area contributed by atoms with Crippen LogP contribution >= 0.6 is 12.2 Å². The van der Waals surface area contributed by atoms with Gasteiger partial charge in [-0.25, -0.2) is 4.68 Å². The van der Waals surface area contributed by atoms with E-state index in [1.54, 1.807) is 0 Å². The van der Waals surface area contributed by atoms with Gasteiger partial charge in [0.25, 0.3) is 0 Å². The molecule has 6 nitrogen and oxygen atoms in total. The smallest absolute Gasteiger partial charge is 0.231 e. The zero-order valence-electron chi connectivity index (χ0n) is 16.5. The molecule has 3 heterocycles. The predicted molar refractivity (Wildman–Crippen MR) is 114 cm³/mol. The third kappa shape index (κ3) is 3.56. The number of benzene rings is 2. The van der Waals surface area contributed by atoms with Gasteiger partial charge in [0.05, 0.1) is 6.67 Å². The monoisotopic (exact) mass is 408 g/mol. The predicted octanol–water partition coefficient (Wildman–Crippen LogP) is 4.49. The van der Waals surface area contributed by atoms with Gasteiger partial charge >= 0.3 is 0 Å². The summed E-state index contributed by atoms with van der Waals surface area (Å²) < 4.78 is 15.7. The number of nitrogens with zero attached hydrogens (tertiary/aromatic N) is 4. The fourth-order valence-corrected chi connectivity index (χ4v) is 4.22. The van der Waals surface area contributed by atoms with E-state index in [4.69, 9.17) is 26.8 Å². The number of aromatic nitrogens is 3. The van der Waals surface area contributed by atoms with Crippen molar-refractivity contribution in [1.29, 1.82) is 0 Å². The van der Waals surface area contributed by atoms with Crippen molar-refractivity contribution in [3.8, 4) is 28.6 Å². The Balaban J connectivity index is 1.57. The van der Waals surface area contributed by atoms with Gasteiger partial charge in [-0.2, -0.15) is 0 Å². The molecule has 150 valence electrons. The molecule has 1 saturated heterocycles. The molecule has 0 radical (unpaired) electrons. The van der Waals surface area contributed by atoms with Gasteiger partial charge in [-0.3, -0.25) is 9.47 Å². The normalized spacial score (nSPS) is 17.0. The van der Waals surface area contributed by atoms with E-state index in [1.165, 1.54) is 12.8 Å². The number of para-hydroxylation sites is 1. The van der Waals surface area contributed by atoms with E-state index in [2.05, 4.69) is 24.0 Å². The summed E-state index contributed by atoms with van der Waals surface area (Å²) >= 11 is 5.87. The number of likely N-dealkylation sites (tertiary alicyclic amines) is 1. The molecule has 1 aromatic heterocycles. The molecule has 0 bridgehead atoms. The molecule has 2 aromatic carbocycles. The van der Waals surface area contributed by atoms with Crippen LogP contribution in [0.25, 0.3) is 17.1 Å². The van der Waals surface area contributed by atoms with E-state index in [0.717, 1.165) is 47.6 Å². The van der Waals surface area contributed by atoms with Gasteiger partial charge in [0.15, 0.2) is 17.3 Å². The first-order valence-corrected chi connectivity index (χ1v) is 10.5. The van der Waals surface area contributed by atoms with Crippen LogP contribution in [0.1, 0.15) is 19.8 Å². The molecule has 0 aliphatic carbocycles. The van der Waals surface area contributed by atoms with Crippen LogP contribution in [0.15, 0.2) is 48.5 Å². The molecule has 5 rings (SSSR count). The van der Waals surface area contributed by atoms with Crippen LogP contribution in [0.3, 0.4) is 0 Å². The largest absolute Gasteiger partial charge is 0.454 e. The molecule has 1 fully saturated rings. The fourth-order valence-electron chi connectivity index (χ4n) is 3.93. The lowest BCUT2D eigenvalue weighted by atomic mass is 10.00. The SMILES string of the molecule is CC1CCN(Cn2nc(-c3ccc4c(c3)OCO4)n(-c3ccccc3)c2=S)CC1. The zero-order valence-corrected chi connectivity index (χ0v) is 17.3. The number of ether oxygens (including phenoxy) is 2. The lowest BCUT2D eigenvalue weighted by Crippen LogP contribution is -2.34. The maximum atomic E-state index is 5.87. The van der Waals surface area contributed by atoms with Gasteiger partial charge < -0.3 is 9.47 Å². The van der Waals surface area contributed by atoms with Crippen LogP contribution in [0.4, 0.5) is 0 Å². The zero-order chi connectivity index (χ0) is 19.8. The minimum atomic E-state index is 0.256. The summed E-state index contributed by atoms with van der Waals surface area (Å²) in [5, 5.41) is 4.93. The van der Waals surface area contributed by atoms with E-state index in [0.29, 0.717) is 11.4 Å². The first kappa shape index (κ1) is 18.4. The second-order valence-electron chi connectivity index (χ2n) is 7.79. The number of rotatable bonds is 4. The fraction of sp³-hybridized carbons (Fsp3) is 0.364. The molecular weight excluding hydrogens is 384 g/mol. The van der Waals surface area contributed by atoms with Crippen molar-refractivity contribution >= 4 is 12.2 Å². The standard InChI is InChI=1S/C22H24N4O2S/c1-16-9-11-24(12-10-16)14-25-22(29)26(18-5-3-2-4-6-18)21(23-25)17-7-8-19-20(13-17)28-15-27-19/h2-8,13,16H,9-12,14-15H2,1H3. The summed E-state index contributed by atoms with van der Waals surface area (Å²) in [4.78, 5) is 2.43. The maximum absolute atomic E-state index is 5.87. The van der Waals surface area contributed by atoms with Crippen LogP contribution in [-0.2, 0) is 6.67 Å². The number of hydrogen-bond donors (Lipinski definition) is 0. The minimum Gasteiger partial charge on any atom is -0.454 e. The van der Waals surface area contributed by atoms with E-state index < -0.39 is 0 Å². The van der Waals surface area contributed by atoms with Crippen molar-refractivity contribution in [2.75, 3.05) is 19.9 Å². The second kappa shape index (κ2) is 7.65. The molecule has 0 amide bonds. The molecule has 7 heteroatoms. The van der Waals surface area contributed by atoms with Gasteiger partial charge in [-0.05, 0) is 61.3 Å². The van der Waals surface area contributed by atoms with Crippen LogP contribution < -0.4 is 9.47 Å². The quantitative estimate of drug-likeness (QED) is 0.595. The summed E-state index contributed by atoms with van der Waals surface area (Å²) in [6, 6.07) is 16.1. The summed E-state index contributed by atoms with van der Waals surface area (Å²) in [5.41, 5.74) is 1.96. The highest BCUT2D eigenvalue weighted by atomic mass is 32.1. The van der Waals surface area contributed by atoms with Crippen molar-refractivity contribution in [3.05, 3.63) is 53.3 Å². The van der Waals surface area contributed by atoms with Gasteiger partial charge in [0.2, 0.25) is 11.6 Å². The Bertz CT molecular complexity index is 1070. The second-order valence-corrected chi connectivity index (χ2v) is 8.15. The summed E-state index contributed by atoms with van der Waals surface area (Å²) in [6.45, 7) is 5.46. The summed E-state index contributed by atoms with van der Waals surface area (Å²) in [7, 11) is 0. The molecule has 0 spiro atoms. The average molecular weight is 409 g/mol. The van der Waals surface area contributed by atoms with Crippen LogP contribution in [-0.4, -0.2) is 39.1 Å². The highest BCUT2D eigenvalue weighted by molar-refractivity contribution is 7.71. The van der Waals surface area contributed by atoms with E-state index in [9.17, 15) is 0 Å². The number of piperidine rings is 1.